The molecular weight excluding hydrogens is 448 g/mol. The molecule has 4 aromatic heterocycles. The van der Waals surface area contributed by atoms with E-state index in [1.165, 1.54) is 6.20 Å². The number of alkyl halides is 2. The van der Waals surface area contributed by atoms with Crippen LogP contribution in [0.15, 0.2) is 71.7 Å². The zero-order valence-electron chi connectivity index (χ0n) is 16.9. The van der Waals surface area contributed by atoms with Gasteiger partial charge in [-0.2, -0.15) is 8.78 Å². The summed E-state index contributed by atoms with van der Waals surface area (Å²) < 4.78 is 32.3. The van der Waals surface area contributed by atoms with Crippen molar-refractivity contribution < 1.29 is 13.2 Å². The monoisotopic (exact) mass is 461 g/mol. The van der Waals surface area contributed by atoms with E-state index < -0.39 is 12.3 Å². The molecule has 0 aliphatic rings. The molecule has 0 radical (unpaired) electrons. The lowest BCUT2D eigenvalue weighted by Crippen LogP contribution is -2.00. The molecule has 0 aliphatic carbocycles. The Labute approximate surface area is 191 Å². The van der Waals surface area contributed by atoms with E-state index >= 15 is 0 Å². The molecule has 5 rings (SSSR count). The zero-order chi connectivity index (χ0) is 22.8. The molecule has 0 saturated heterocycles. The van der Waals surface area contributed by atoms with Crippen LogP contribution in [0.1, 0.15) is 29.1 Å². The summed E-state index contributed by atoms with van der Waals surface area (Å²) in [5.74, 6) is 5.58. The van der Waals surface area contributed by atoms with Gasteiger partial charge in [-0.05, 0) is 36.4 Å². The van der Waals surface area contributed by atoms with Crippen LogP contribution in [0.5, 0.6) is 0 Å². The molecular formula is C24H14ClF2N5O. The van der Waals surface area contributed by atoms with Gasteiger partial charge in [0.2, 0.25) is 5.89 Å². The molecule has 9 heteroatoms. The van der Waals surface area contributed by atoms with E-state index in [0.29, 0.717) is 17.1 Å². The Bertz CT molecular complexity index is 1500. The van der Waals surface area contributed by atoms with Crippen LogP contribution >= 0.6 is 11.6 Å². The highest BCUT2D eigenvalue weighted by atomic mass is 35.5. The number of nitrogens with zero attached hydrogens (tertiary/aromatic N) is 5. The van der Waals surface area contributed by atoms with Crippen molar-refractivity contribution >= 4 is 22.5 Å². The largest absolute Gasteiger partial charge is 0.415 e. The smallest absolute Gasteiger partial charge is 0.314 e. The molecule has 0 unspecified atom stereocenters. The van der Waals surface area contributed by atoms with Crippen LogP contribution in [0.25, 0.3) is 22.4 Å². The predicted octanol–water partition coefficient (Wildman–Crippen LogP) is 5.52. The summed E-state index contributed by atoms with van der Waals surface area (Å²) in [6, 6.07) is 12.8. The first-order valence-corrected chi connectivity index (χ1v) is 10.2. The summed E-state index contributed by atoms with van der Waals surface area (Å²) in [7, 11) is 0. The lowest BCUT2D eigenvalue weighted by atomic mass is 10.1. The molecule has 0 saturated carbocycles. The van der Waals surface area contributed by atoms with Crippen LogP contribution in [0.2, 0.25) is 5.02 Å². The van der Waals surface area contributed by atoms with Gasteiger partial charge in [-0.15, -0.1) is 10.2 Å². The van der Waals surface area contributed by atoms with E-state index in [1.807, 2.05) is 35.0 Å². The van der Waals surface area contributed by atoms with Gasteiger partial charge in [0.1, 0.15) is 0 Å². The van der Waals surface area contributed by atoms with Crippen molar-refractivity contribution in [2.24, 2.45) is 0 Å². The number of rotatable bonds is 4. The minimum absolute atomic E-state index is 0.00267. The molecule has 0 bridgehead atoms. The molecule has 33 heavy (non-hydrogen) atoms. The van der Waals surface area contributed by atoms with Gasteiger partial charge in [0.15, 0.2) is 0 Å². The van der Waals surface area contributed by atoms with Crippen molar-refractivity contribution in [2.45, 2.75) is 13.0 Å². The maximum Gasteiger partial charge on any atom is 0.314 e. The van der Waals surface area contributed by atoms with Crippen LogP contribution in [-0.4, -0.2) is 24.7 Å². The average molecular weight is 462 g/mol. The highest BCUT2D eigenvalue weighted by Crippen LogP contribution is 2.24. The summed E-state index contributed by atoms with van der Waals surface area (Å²) >= 11 is 6.03. The van der Waals surface area contributed by atoms with Crippen LogP contribution < -0.4 is 0 Å². The molecule has 5 aromatic rings. The van der Waals surface area contributed by atoms with Gasteiger partial charge < -0.3 is 8.98 Å². The third kappa shape index (κ3) is 4.45. The number of fused-ring (bicyclic) bond motifs is 1. The van der Waals surface area contributed by atoms with Crippen molar-refractivity contribution in [3.63, 3.8) is 0 Å². The summed E-state index contributed by atoms with van der Waals surface area (Å²) in [4.78, 5) is 8.73. The van der Waals surface area contributed by atoms with Crippen LogP contribution in [0.3, 0.4) is 0 Å². The second-order valence-electron chi connectivity index (χ2n) is 7.11. The first kappa shape index (κ1) is 20.8. The predicted molar refractivity (Wildman–Crippen MR) is 119 cm³/mol. The molecule has 0 fully saturated rings. The van der Waals surface area contributed by atoms with Gasteiger partial charge in [-0.1, -0.05) is 29.5 Å². The Morgan fingerprint density at radius 2 is 1.94 bits per heavy atom. The molecule has 0 N–H and O–H groups in total. The van der Waals surface area contributed by atoms with Crippen molar-refractivity contribution in [3.8, 4) is 23.3 Å². The van der Waals surface area contributed by atoms with E-state index in [9.17, 15) is 8.78 Å². The van der Waals surface area contributed by atoms with Crippen molar-refractivity contribution in [1.82, 2.24) is 24.7 Å². The number of halogens is 3. The third-order valence-corrected chi connectivity index (χ3v) is 5.13. The Morgan fingerprint density at radius 1 is 1.03 bits per heavy atom. The Morgan fingerprint density at radius 3 is 2.70 bits per heavy atom. The van der Waals surface area contributed by atoms with Gasteiger partial charge in [-0.25, -0.2) is 0 Å². The minimum atomic E-state index is -2.81. The Hall–Kier alpha value is -4.09. The fourth-order valence-electron chi connectivity index (χ4n) is 3.31. The van der Waals surface area contributed by atoms with Gasteiger partial charge >= 0.3 is 6.43 Å². The number of aromatic nitrogens is 5. The normalized spacial score (nSPS) is 11.0. The van der Waals surface area contributed by atoms with E-state index in [0.717, 1.165) is 27.7 Å². The van der Waals surface area contributed by atoms with Crippen LogP contribution in [0, 0.1) is 11.8 Å². The number of benzene rings is 1. The molecule has 0 spiro atoms. The number of pyridine rings is 2. The van der Waals surface area contributed by atoms with Gasteiger partial charge in [0.25, 0.3) is 5.89 Å². The van der Waals surface area contributed by atoms with Crippen molar-refractivity contribution in [1.29, 1.82) is 0 Å². The van der Waals surface area contributed by atoms with E-state index in [-0.39, 0.29) is 5.89 Å². The van der Waals surface area contributed by atoms with Crippen LogP contribution in [-0.2, 0) is 6.54 Å². The Balaban J connectivity index is 1.38. The maximum absolute atomic E-state index is 12.6. The quantitative estimate of drug-likeness (QED) is 0.329. The third-order valence-electron chi connectivity index (χ3n) is 4.89. The first-order valence-electron chi connectivity index (χ1n) is 9.84. The zero-order valence-corrected chi connectivity index (χ0v) is 17.7. The molecule has 1 aromatic carbocycles. The fraction of sp³-hybridized carbons (Fsp3) is 0.0833. The highest BCUT2D eigenvalue weighted by molar-refractivity contribution is 6.30. The van der Waals surface area contributed by atoms with E-state index in [2.05, 4.69) is 32.0 Å². The second-order valence-corrected chi connectivity index (χ2v) is 7.54. The molecule has 4 heterocycles. The number of hydrogen-bond acceptors (Lipinski definition) is 5. The second kappa shape index (κ2) is 8.81. The van der Waals surface area contributed by atoms with Crippen molar-refractivity contribution in [2.75, 3.05) is 0 Å². The van der Waals surface area contributed by atoms with E-state index in [1.54, 1.807) is 30.6 Å². The Kier molecular flexibility index (Phi) is 5.55. The lowest BCUT2D eigenvalue weighted by molar-refractivity contribution is 0.116. The lowest BCUT2D eigenvalue weighted by Gasteiger charge is -2.05. The summed E-state index contributed by atoms with van der Waals surface area (Å²) in [5.41, 5.74) is 3.78. The molecule has 0 aliphatic heterocycles. The summed E-state index contributed by atoms with van der Waals surface area (Å²) in [6.45, 7) is 0.489. The van der Waals surface area contributed by atoms with Crippen LogP contribution in [0.4, 0.5) is 8.78 Å². The van der Waals surface area contributed by atoms with Gasteiger partial charge in [0.05, 0.1) is 35.1 Å². The molecule has 0 amide bonds. The number of hydrogen-bond donors (Lipinski definition) is 0. The van der Waals surface area contributed by atoms with Gasteiger partial charge in [-0.3, -0.25) is 9.97 Å². The molecule has 6 nitrogen and oxygen atoms in total. The summed E-state index contributed by atoms with van der Waals surface area (Å²) in [5, 5.41) is 8.58. The maximum atomic E-state index is 12.6. The van der Waals surface area contributed by atoms with Gasteiger partial charge in [0, 0.05) is 34.6 Å². The minimum Gasteiger partial charge on any atom is -0.415 e. The standard InChI is InChI=1S/C24H14ClF2N5O/c25-18-3-1-2-15(10-18)4-5-16-11-28-13-21-20(16)8-9-32(21)14-19-7-6-17(12-29-19)23-30-31-24(33-23)22(26)27/h1-3,6-13,22H,14H2. The van der Waals surface area contributed by atoms with E-state index in [4.69, 9.17) is 16.0 Å². The molecule has 0 atom stereocenters. The average Bonchev–Trinajstić information content (AvgIpc) is 3.47. The topological polar surface area (TPSA) is 69.6 Å². The highest BCUT2D eigenvalue weighted by Gasteiger charge is 2.17. The van der Waals surface area contributed by atoms with Crippen molar-refractivity contribution in [3.05, 3.63) is 95.0 Å². The SMILES string of the molecule is FC(F)c1nnc(-c2ccc(Cn3ccc4c(C#Cc5cccc(Cl)c5)cncc43)nc2)o1. The fourth-order valence-corrected chi connectivity index (χ4v) is 3.50. The summed E-state index contributed by atoms with van der Waals surface area (Å²) in [6.07, 6.45) is 4.16. The molecule has 162 valence electrons. The first-order chi connectivity index (χ1) is 16.1.